The van der Waals surface area contributed by atoms with Crippen molar-refractivity contribution >= 4 is 5.97 Å². The minimum absolute atomic E-state index is 0.0973. The number of aliphatic hydroxyl groups is 1. The van der Waals surface area contributed by atoms with Crippen molar-refractivity contribution in [3.05, 3.63) is 0 Å². The van der Waals surface area contributed by atoms with Gasteiger partial charge in [0, 0.05) is 25.7 Å². The van der Waals surface area contributed by atoms with Crippen molar-refractivity contribution in [1.82, 2.24) is 10.2 Å². The average Bonchev–Trinajstić information content (AvgIpc) is 2.16. The lowest BCUT2D eigenvalue weighted by Crippen LogP contribution is -2.49. The molecular weight excluding hydrogens is 196 g/mol. The van der Waals surface area contributed by atoms with Crippen LogP contribution in [-0.4, -0.2) is 60.4 Å². The Kier molecular flexibility index (Phi) is 5.01. The van der Waals surface area contributed by atoms with E-state index < -0.39 is 5.97 Å². The Bertz CT molecular complexity index is 211. The fraction of sp³-hybridized carbons (Fsp3) is 0.900. The number of likely N-dealkylation sites (tertiary alicyclic amines) is 1. The van der Waals surface area contributed by atoms with Crippen LogP contribution < -0.4 is 5.32 Å². The minimum atomic E-state index is -0.783. The highest BCUT2D eigenvalue weighted by molar-refractivity contribution is 5.69. The van der Waals surface area contributed by atoms with Gasteiger partial charge in [0.2, 0.25) is 0 Å². The van der Waals surface area contributed by atoms with Gasteiger partial charge in [-0.25, -0.2) is 0 Å². The molecule has 88 valence electrons. The van der Waals surface area contributed by atoms with E-state index >= 15 is 0 Å². The van der Waals surface area contributed by atoms with Gasteiger partial charge in [0.25, 0.3) is 0 Å². The van der Waals surface area contributed by atoms with Crippen LogP contribution in [0.1, 0.15) is 12.8 Å². The first-order valence-electron chi connectivity index (χ1n) is 5.38. The number of likely N-dealkylation sites (N-methyl/N-ethyl adjacent to an activating group) is 1. The van der Waals surface area contributed by atoms with Crippen LogP contribution in [0.5, 0.6) is 0 Å². The molecule has 0 radical (unpaired) electrons. The molecule has 1 aliphatic rings. The standard InChI is InChI=1S/C10H20N2O3/c1-11-9-4-8(2-3-13)5-12(6-9)7-10(14)15/h8-9,11,13H,2-7H2,1H3,(H,14,15). The van der Waals surface area contributed by atoms with Crippen molar-refractivity contribution in [3.63, 3.8) is 0 Å². The molecule has 1 rings (SSSR count). The summed E-state index contributed by atoms with van der Waals surface area (Å²) in [4.78, 5) is 12.6. The average molecular weight is 216 g/mol. The maximum atomic E-state index is 10.6. The molecule has 3 N–H and O–H groups in total. The lowest BCUT2D eigenvalue weighted by molar-refractivity contribution is -0.138. The normalized spacial score (nSPS) is 27.9. The van der Waals surface area contributed by atoms with Crippen molar-refractivity contribution in [2.75, 3.05) is 33.3 Å². The summed E-state index contributed by atoms with van der Waals surface area (Å²) < 4.78 is 0. The van der Waals surface area contributed by atoms with Crippen molar-refractivity contribution in [2.45, 2.75) is 18.9 Å². The molecule has 0 spiro atoms. The molecule has 0 aromatic carbocycles. The van der Waals surface area contributed by atoms with Crippen molar-refractivity contribution in [3.8, 4) is 0 Å². The third-order valence-corrected chi connectivity index (χ3v) is 2.92. The number of nitrogens with one attached hydrogen (secondary N) is 1. The fourth-order valence-electron chi connectivity index (χ4n) is 2.22. The predicted octanol–water partition coefficient (Wildman–Crippen LogP) is -0.637. The zero-order valence-corrected chi connectivity index (χ0v) is 9.15. The zero-order valence-electron chi connectivity index (χ0n) is 9.15. The van der Waals surface area contributed by atoms with Crippen LogP contribution >= 0.6 is 0 Å². The molecule has 1 heterocycles. The lowest BCUT2D eigenvalue weighted by atomic mass is 9.92. The van der Waals surface area contributed by atoms with Crippen LogP contribution in [-0.2, 0) is 4.79 Å². The van der Waals surface area contributed by atoms with E-state index in [-0.39, 0.29) is 13.2 Å². The van der Waals surface area contributed by atoms with E-state index in [9.17, 15) is 4.79 Å². The van der Waals surface area contributed by atoms with Crippen molar-refractivity contribution in [2.24, 2.45) is 5.92 Å². The van der Waals surface area contributed by atoms with Gasteiger partial charge in [-0.2, -0.15) is 0 Å². The Morgan fingerprint density at radius 2 is 2.27 bits per heavy atom. The molecule has 1 fully saturated rings. The van der Waals surface area contributed by atoms with Gasteiger partial charge in [0.1, 0.15) is 0 Å². The number of piperidine rings is 1. The zero-order chi connectivity index (χ0) is 11.3. The van der Waals surface area contributed by atoms with E-state index in [0.717, 1.165) is 25.9 Å². The first-order chi connectivity index (χ1) is 7.15. The highest BCUT2D eigenvalue weighted by atomic mass is 16.4. The summed E-state index contributed by atoms with van der Waals surface area (Å²) >= 11 is 0. The molecule has 5 heteroatoms. The number of nitrogens with zero attached hydrogens (tertiary/aromatic N) is 1. The van der Waals surface area contributed by atoms with Crippen LogP contribution in [0.2, 0.25) is 0 Å². The largest absolute Gasteiger partial charge is 0.480 e. The number of aliphatic hydroxyl groups excluding tert-OH is 1. The predicted molar refractivity (Wildman–Crippen MR) is 56.7 cm³/mol. The molecule has 0 aromatic rings. The van der Waals surface area contributed by atoms with E-state index in [0.29, 0.717) is 12.0 Å². The summed E-state index contributed by atoms with van der Waals surface area (Å²) in [6.45, 7) is 1.85. The van der Waals surface area contributed by atoms with E-state index in [4.69, 9.17) is 10.2 Å². The Morgan fingerprint density at radius 1 is 1.53 bits per heavy atom. The van der Waals surface area contributed by atoms with Crippen LogP contribution in [0.25, 0.3) is 0 Å². The van der Waals surface area contributed by atoms with Crippen LogP contribution in [0.4, 0.5) is 0 Å². The first-order valence-corrected chi connectivity index (χ1v) is 5.38. The summed E-state index contributed by atoms with van der Waals surface area (Å²) in [5.74, 6) is -0.380. The highest BCUT2D eigenvalue weighted by Crippen LogP contribution is 2.19. The lowest BCUT2D eigenvalue weighted by Gasteiger charge is -2.36. The molecule has 1 saturated heterocycles. The quantitative estimate of drug-likeness (QED) is 0.570. The summed E-state index contributed by atoms with van der Waals surface area (Å²) in [6, 6.07) is 0.342. The number of hydrogen-bond donors (Lipinski definition) is 3. The van der Waals surface area contributed by atoms with Gasteiger partial charge in [-0.15, -0.1) is 0 Å². The highest BCUT2D eigenvalue weighted by Gasteiger charge is 2.26. The second-order valence-corrected chi connectivity index (χ2v) is 4.19. The Labute approximate surface area is 90.1 Å². The Morgan fingerprint density at radius 3 is 2.80 bits per heavy atom. The van der Waals surface area contributed by atoms with Gasteiger partial charge in [-0.1, -0.05) is 0 Å². The van der Waals surface area contributed by atoms with E-state index in [2.05, 4.69) is 5.32 Å². The molecule has 1 aliphatic heterocycles. The maximum Gasteiger partial charge on any atom is 0.317 e. The van der Waals surface area contributed by atoms with E-state index in [1.807, 2.05) is 11.9 Å². The monoisotopic (exact) mass is 216 g/mol. The molecular formula is C10H20N2O3. The van der Waals surface area contributed by atoms with Gasteiger partial charge in [0.15, 0.2) is 0 Å². The molecule has 2 unspecified atom stereocenters. The molecule has 0 saturated carbocycles. The second kappa shape index (κ2) is 6.05. The Balaban J connectivity index is 2.46. The summed E-state index contributed by atoms with van der Waals surface area (Å²) in [5.41, 5.74) is 0. The SMILES string of the molecule is CNC1CC(CCO)CN(CC(=O)O)C1. The minimum Gasteiger partial charge on any atom is -0.480 e. The number of aliphatic carboxylic acids is 1. The van der Waals surface area contributed by atoms with E-state index in [1.165, 1.54) is 0 Å². The smallest absolute Gasteiger partial charge is 0.317 e. The van der Waals surface area contributed by atoms with Crippen LogP contribution in [0, 0.1) is 5.92 Å². The van der Waals surface area contributed by atoms with Crippen LogP contribution in [0.3, 0.4) is 0 Å². The summed E-state index contributed by atoms with van der Waals surface area (Å²) in [7, 11) is 1.89. The molecule has 5 nitrogen and oxygen atoms in total. The maximum absolute atomic E-state index is 10.6. The number of carboxylic acid groups (broad SMARTS) is 1. The van der Waals surface area contributed by atoms with Crippen LogP contribution in [0.15, 0.2) is 0 Å². The fourth-order valence-corrected chi connectivity index (χ4v) is 2.22. The molecule has 2 atom stereocenters. The van der Waals surface area contributed by atoms with E-state index in [1.54, 1.807) is 0 Å². The number of carboxylic acids is 1. The summed E-state index contributed by atoms with van der Waals surface area (Å²) in [6.07, 6.45) is 1.78. The Hall–Kier alpha value is -0.650. The molecule has 0 amide bonds. The molecule has 0 aliphatic carbocycles. The van der Waals surface area contributed by atoms with Crippen molar-refractivity contribution in [1.29, 1.82) is 0 Å². The number of rotatable bonds is 5. The van der Waals surface area contributed by atoms with Gasteiger partial charge in [-0.05, 0) is 25.8 Å². The summed E-state index contributed by atoms with van der Waals surface area (Å²) in [5, 5.41) is 20.8. The number of hydrogen-bond acceptors (Lipinski definition) is 4. The second-order valence-electron chi connectivity index (χ2n) is 4.19. The van der Waals surface area contributed by atoms with Crippen molar-refractivity contribution < 1.29 is 15.0 Å². The van der Waals surface area contributed by atoms with Gasteiger partial charge in [0.05, 0.1) is 6.54 Å². The van der Waals surface area contributed by atoms with Gasteiger partial charge >= 0.3 is 5.97 Å². The topological polar surface area (TPSA) is 72.8 Å². The molecule has 0 aromatic heterocycles. The third kappa shape index (κ3) is 4.15. The van der Waals surface area contributed by atoms with Gasteiger partial charge in [-0.3, -0.25) is 9.69 Å². The first kappa shape index (κ1) is 12.4. The third-order valence-electron chi connectivity index (χ3n) is 2.92. The van der Waals surface area contributed by atoms with Gasteiger partial charge < -0.3 is 15.5 Å². The molecule has 0 bridgehead atoms. The number of carbonyl (C=O) groups is 1. The molecule has 15 heavy (non-hydrogen) atoms.